The molecule has 60 valence electrons. The lowest BCUT2D eigenvalue weighted by Gasteiger charge is -2.18. The highest BCUT2D eigenvalue weighted by atomic mass is 79.9. The Kier molecular flexibility index (Phi) is 5.07. The number of hydrogen-bond donors (Lipinski definition) is 0. The summed E-state index contributed by atoms with van der Waals surface area (Å²) in [6.07, 6.45) is 2.85. The van der Waals surface area contributed by atoms with Crippen molar-refractivity contribution < 1.29 is 4.79 Å². The Morgan fingerprint density at radius 3 is 2.50 bits per heavy atom. The largest absolute Gasteiger partial charge is 0.287 e. The molecule has 0 radical (unpaired) electrons. The van der Waals surface area contributed by atoms with Crippen LogP contribution in [0.2, 0.25) is 0 Å². The zero-order chi connectivity index (χ0) is 8.20. The Balaban J connectivity index is 3.74. The van der Waals surface area contributed by atoms with Gasteiger partial charge in [0.05, 0.1) is 0 Å². The molecule has 0 aromatic heterocycles. The van der Waals surface area contributed by atoms with Gasteiger partial charge in [-0.1, -0.05) is 29.3 Å². The maximum atomic E-state index is 10.6. The molecule has 0 fully saturated rings. The minimum atomic E-state index is 0.104. The van der Waals surface area contributed by atoms with Crippen molar-refractivity contribution in [2.45, 2.75) is 30.1 Å². The van der Waals surface area contributed by atoms with Crippen LogP contribution in [0, 0.1) is 0 Å². The predicted molar refractivity (Wildman–Crippen MR) is 55.1 cm³/mol. The Bertz CT molecular complexity index is 125. The molecule has 0 saturated carbocycles. The first-order chi connectivity index (χ1) is 4.48. The van der Waals surface area contributed by atoms with Crippen molar-refractivity contribution in [1.29, 1.82) is 0 Å². The third-order valence-electron chi connectivity index (χ3n) is 1.28. The van der Waals surface area contributed by atoms with Crippen LogP contribution in [0.3, 0.4) is 0 Å². The van der Waals surface area contributed by atoms with Gasteiger partial charge in [-0.15, -0.1) is 0 Å². The van der Waals surface area contributed by atoms with Crippen LogP contribution in [0.1, 0.15) is 26.2 Å². The summed E-state index contributed by atoms with van der Waals surface area (Å²) in [6.45, 7) is 2.13. The second-order valence-electron chi connectivity index (χ2n) is 2.70. The molecule has 0 aromatic carbocycles. The summed E-state index contributed by atoms with van der Waals surface area (Å²) in [5, 5.41) is 0. The van der Waals surface area contributed by atoms with Crippen LogP contribution in [-0.4, -0.2) is 18.9 Å². The summed E-state index contributed by atoms with van der Waals surface area (Å²) in [7, 11) is 1.02. The maximum absolute atomic E-state index is 10.6. The van der Waals surface area contributed by atoms with E-state index in [4.69, 9.17) is 0 Å². The van der Waals surface area contributed by atoms with E-state index in [1.54, 1.807) is 0 Å². The molecule has 4 heteroatoms. The molecule has 1 atom stereocenters. The third kappa shape index (κ3) is 5.62. The Morgan fingerprint density at radius 2 is 2.20 bits per heavy atom. The van der Waals surface area contributed by atoms with E-state index in [0.717, 1.165) is 23.1 Å². The van der Waals surface area contributed by atoms with Gasteiger partial charge in [0.15, 0.2) is 4.69 Å². The molecule has 0 aliphatic rings. The van der Waals surface area contributed by atoms with Crippen molar-refractivity contribution in [3.05, 3.63) is 0 Å². The van der Waals surface area contributed by atoms with Crippen molar-refractivity contribution >= 4 is 46.8 Å². The summed E-state index contributed by atoms with van der Waals surface area (Å²) in [5.74, 6) is 0. The van der Waals surface area contributed by atoms with Crippen LogP contribution in [0.25, 0.3) is 0 Å². The molecule has 0 aromatic rings. The number of hydrogen-bond acceptors (Lipinski definition) is 1. The number of halogens is 2. The van der Waals surface area contributed by atoms with E-state index in [1.807, 2.05) is 0 Å². The fourth-order valence-corrected chi connectivity index (χ4v) is 3.88. The van der Waals surface area contributed by atoms with Crippen LogP contribution in [-0.2, 0) is 4.79 Å². The first-order valence-electron chi connectivity index (χ1n) is 3.35. The van der Waals surface area contributed by atoms with E-state index in [0.29, 0.717) is 6.42 Å². The molecule has 10 heavy (non-hydrogen) atoms. The van der Waals surface area contributed by atoms with Crippen molar-refractivity contribution in [1.82, 2.24) is 0 Å². The van der Waals surface area contributed by atoms with Gasteiger partial charge in [-0.05, 0) is 22.4 Å². The number of rotatable bonds is 4. The SMILES string of the molecule is CCCC([SiH3])(Br)CC(=O)Br. The topological polar surface area (TPSA) is 17.1 Å². The smallest absolute Gasteiger partial charge is 0.198 e. The van der Waals surface area contributed by atoms with Gasteiger partial charge in [0.2, 0.25) is 0 Å². The predicted octanol–water partition coefficient (Wildman–Crippen LogP) is 1.55. The highest BCUT2D eigenvalue weighted by Crippen LogP contribution is 2.25. The lowest BCUT2D eigenvalue weighted by Crippen LogP contribution is -2.22. The van der Waals surface area contributed by atoms with Gasteiger partial charge in [0, 0.05) is 20.6 Å². The van der Waals surface area contributed by atoms with Gasteiger partial charge in [0.1, 0.15) is 0 Å². The molecular formula is C6H12Br2OSi. The zero-order valence-electron chi connectivity index (χ0n) is 6.29. The van der Waals surface area contributed by atoms with Crippen LogP contribution in [0.5, 0.6) is 0 Å². The van der Waals surface area contributed by atoms with E-state index in [-0.39, 0.29) is 8.64 Å². The number of alkyl halides is 1. The summed E-state index contributed by atoms with van der Waals surface area (Å²) in [5.41, 5.74) is 0. The fraction of sp³-hybridized carbons (Fsp3) is 0.833. The Hall–Kier alpha value is 0.847. The third-order valence-corrected chi connectivity index (χ3v) is 3.09. The standard InChI is InChI=1S/C6H12Br2OSi/c1-2-3-6(8,10)4-5(7)9/h2-4H2,1,10H3. The van der Waals surface area contributed by atoms with Gasteiger partial charge in [-0.25, -0.2) is 0 Å². The van der Waals surface area contributed by atoms with E-state index in [1.165, 1.54) is 0 Å². The van der Waals surface area contributed by atoms with Crippen LogP contribution >= 0.6 is 31.9 Å². The van der Waals surface area contributed by atoms with Crippen LogP contribution in [0.15, 0.2) is 0 Å². The van der Waals surface area contributed by atoms with Crippen molar-refractivity contribution in [3.63, 3.8) is 0 Å². The van der Waals surface area contributed by atoms with Crippen molar-refractivity contribution in [3.8, 4) is 0 Å². The molecule has 0 N–H and O–H groups in total. The molecular weight excluding hydrogens is 276 g/mol. The van der Waals surface area contributed by atoms with E-state index in [9.17, 15) is 4.79 Å². The number of carbonyl (C=O) groups excluding carboxylic acids is 1. The van der Waals surface area contributed by atoms with Crippen LogP contribution in [0.4, 0.5) is 0 Å². The molecule has 0 heterocycles. The molecule has 0 aliphatic carbocycles. The van der Waals surface area contributed by atoms with Crippen LogP contribution < -0.4 is 0 Å². The average Bonchev–Trinajstić information content (AvgIpc) is 1.59. The van der Waals surface area contributed by atoms with Crippen molar-refractivity contribution in [2.75, 3.05) is 0 Å². The fourth-order valence-electron chi connectivity index (χ4n) is 0.899. The lowest BCUT2D eigenvalue weighted by atomic mass is 10.2. The van der Waals surface area contributed by atoms with E-state index in [2.05, 4.69) is 38.8 Å². The molecule has 0 amide bonds. The normalized spacial score (nSPS) is 16.7. The lowest BCUT2D eigenvalue weighted by molar-refractivity contribution is -0.110. The highest BCUT2D eigenvalue weighted by molar-refractivity contribution is 9.18. The van der Waals surface area contributed by atoms with Gasteiger partial charge < -0.3 is 0 Å². The monoisotopic (exact) mass is 286 g/mol. The second-order valence-corrected chi connectivity index (χ2v) is 8.87. The number of carbonyl (C=O) groups is 1. The first-order valence-corrected chi connectivity index (χ1v) is 5.94. The molecule has 0 aliphatic heterocycles. The molecule has 0 saturated heterocycles. The zero-order valence-corrected chi connectivity index (χ0v) is 11.5. The summed E-state index contributed by atoms with van der Waals surface area (Å²) in [4.78, 5) is 10.6. The molecule has 1 unspecified atom stereocenters. The van der Waals surface area contributed by atoms with E-state index >= 15 is 0 Å². The summed E-state index contributed by atoms with van der Waals surface area (Å²) in [6, 6.07) is 0. The Labute approximate surface area is 81.6 Å². The minimum Gasteiger partial charge on any atom is -0.287 e. The quantitative estimate of drug-likeness (QED) is 0.436. The Morgan fingerprint density at radius 1 is 1.70 bits per heavy atom. The van der Waals surface area contributed by atoms with Gasteiger partial charge in [-0.3, -0.25) is 4.79 Å². The van der Waals surface area contributed by atoms with Gasteiger partial charge >= 0.3 is 0 Å². The van der Waals surface area contributed by atoms with Gasteiger partial charge in [-0.2, -0.15) is 0 Å². The minimum absolute atomic E-state index is 0.104. The molecule has 0 rings (SSSR count). The molecule has 1 nitrogen and oxygen atoms in total. The summed E-state index contributed by atoms with van der Waals surface area (Å²) >= 11 is 6.49. The van der Waals surface area contributed by atoms with E-state index < -0.39 is 0 Å². The first kappa shape index (κ1) is 10.8. The second kappa shape index (κ2) is 4.67. The summed E-state index contributed by atoms with van der Waals surface area (Å²) < 4.78 is 0.232. The van der Waals surface area contributed by atoms with Crippen molar-refractivity contribution in [2.24, 2.45) is 0 Å². The highest BCUT2D eigenvalue weighted by Gasteiger charge is 2.21. The molecule has 0 spiro atoms. The maximum Gasteiger partial charge on any atom is 0.198 e. The molecule has 0 bridgehead atoms. The van der Waals surface area contributed by atoms with Gasteiger partial charge in [0.25, 0.3) is 0 Å². The average molecular weight is 288 g/mol.